The summed E-state index contributed by atoms with van der Waals surface area (Å²) in [6, 6.07) is 52.1. The molecule has 0 aliphatic heterocycles. The molecule has 0 spiro atoms. The van der Waals surface area contributed by atoms with E-state index < -0.39 is 13.7 Å². The van der Waals surface area contributed by atoms with Gasteiger partial charge in [-0.3, -0.25) is 0 Å². The van der Waals surface area contributed by atoms with E-state index in [1.807, 2.05) is 99.6 Å². The SMILES string of the molecule is Cc1cc(C)c(C)c(-c2cccc[n+]2C)c1.Cc1cc(C)c(C)c(-c2cccc[n+]2C)c1.Cc1ccc(-c2cccc[n+]2C)c(C)c1C.[2H]C([2H])([2H])c1c(C)cc(-c2ccccc2C)[n+](C)c1C.[2H]C([2H])([2H])c1ccc(-c2cccc[n+]2C)c(C)c1C. The molecule has 0 bridgehead atoms. The standard InChI is InChI=1S/C16H20N.4C15H18N/c1-11-8-6-7-9-15(11)16-10-12(2)13(3)14(4)17(16)5;2*1-11-8-9-14(13(3)12(11)2)15-7-5-6-10-16(15)4;2*1-11-9-12(2)13(3)14(10-11)15-7-5-6-8-16(15)4/h6-10H,1-5H3;4*5-10H,1-4H3/q5*+1/i3D3;1D3;;;. The predicted molar refractivity (Wildman–Crippen MR) is 341 cm³/mol. The van der Waals surface area contributed by atoms with Gasteiger partial charge < -0.3 is 0 Å². The third-order valence-electron chi connectivity index (χ3n) is 16.2. The molecule has 0 aliphatic rings. The van der Waals surface area contributed by atoms with E-state index in [1.165, 1.54) is 89.4 Å². The third kappa shape index (κ3) is 15.0. The largest absolute Gasteiger partial charge is 0.212 e. The highest BCUT2D eigenvalue weighted by Gasteiger charge is 2.19. The van der Waals surface area contributed by atoms with Crippen LogP contribution in [0.3, 0.4) is 0 Å². The summed E-state index contributed by atoms with van der Waals surface area (Å²) >= 11 is 0. The fourth-order valence-electron chi connectivity index (χ4n) is 10.3. The normalized spacial score (nSPS) is 11.9. The van der Waals surface area contributed by atoms with E-state index in [-0.39, 0.29) is 0 Å². The zero-order valence-electron chi connectivity index (χ0n) is 58.0. The molecule has 10 aromatic rings. The van der Waals surface area contributed by atoms with Crippen molar-refractivity contribution in [2.75, 3.05) is 0 Å². The molecule has 0 atom stereocenters. The molecule has 5 heterocycles. The molecule has 0 amide bonds. The van der Waals surface area contributed by atoms with Gasteiger partial charge in [0.25, 0.3) is 0 Å². The van der Waals surface area contributed by atoms with Gasteiger partial charge in [0.1, 0.15) is 35.2 Å². The molecule has 0 aliphatic carbocycles. The lowest BCUT2D eigenvalue weighted by Crippen LogP contribution is -2.36. The number of aromatic nitrogens is 5. The predicted octanol–water partition coefficient (Wildman–Crippen LogP) is 15.8. The van der Waals surface area contributed by atoms with Gasteiger partial charge in [0.05, 0.1) is 0 Å². The Morgan fingerprint density at radius 3 is 1.02 bits per heavy atom. The van der Waals surface area contributed by atoms with E-state index in [0.717, 1.165) is 44.9 Å². The van der Waals surface area contributed by atoms with Crippen molar-refractivity contribution < 1.29 is 31.1 Å². The zero-order chi connectivity index (χ0) is 64.4. The van der Waals surface area contributed by atoms with Crippen molar-refractivity contribution in [2.45, 2.75) is 111 Å². The Morgan fingerprint density at radius 1 is 0.259 bits per heavy atom. The van der Waals surface area contributed by atoms with Crippen molar-refractivity contribution in [3.8, 4) is 56.3 Å². The van der Waals surface area contributed by atoms with Crippen molar-refractivity contribution in [2.24, 2.45) is 35.2 Å². The van der Waals surface area contributed by atoms with Crippen LogP contribution in [-0.4, -0.2) is 0 Å². The summed E-state index contributed by atoms with van der Waals surface area (Å²) in [6.07, 6.45) is 8.25. The quantitative estimate of drug-likeness (QED) is 0.153. The maximum absolute atomic E-state index is 7.69. The van der Waals surface area contributed by atoms with E-state index >= 15 is 0 Å². The number of aryl methyl sites for hydroxylation is 12. The Morgan fingerprint density at radius 2 is 0.630 bits per heavy atom. The molecule has 0 fully saturated rings. The summed E-state index contributed by atoms with van der Waals surface area (Å²) < 4.78 is 56.2. The maximum atomic E-state index is 7.69. The van der Waals surface area contributed by atoms with Crippen LogP contribution in [0.25, 0.3) is 56.3 Å². The highest BCUT2D eigenvalue weighted by molar-refractivity contribution is 5.67. The molecular weight excluding hydrogens is 983 g/mol. The highest BCUT2D eigenvalue weighted by atomic mass is 14.9. The van der Waals surface area contributed by atoms with E-state index in [4.69, 9.17) is 8.22 Å². The number of rotatable bonds is 5. The van der Waals surface area contributed by atoms with Crippen LogP contribution in [0.4, 0.5) is 0 Å². The first-order chi connectivity index (χ1) is 40.8. The fraction of sp³-hybridized carbons (Fsp3) is 0.276. The van der Waals surface area contributed by atoms with E-state index in [2.05, 4.69) is 226 Å². The molecule has 10 rings (SSSR count). The summed E-state index contributed by atoms with van der Waals surface area (Å²) in [4.78, 5) is 0. The first kappa shape index (κ1) is 53.5. The van der Waals surface area contributed by atoms with Crippen LogP contribution in [0.5, 0.6) is 0 Å². The van der Waals surface area contributed by atoms with Gasteiger partial charge >= 0.3 is 0 Å². The Hall–Kier alpha value is -8.15. The van der Waals surface area contributed by atoms with Gasteiger partial charge in [-0.05, 0) is 225 Å². The van der Waals surface area contributed by atoms with Crippen LogP contribution in [0, 0.1) is 111 Å². The van der Waals surface area contributed by atoms with Crippen LogP contribution in [0.1, 0.15) is 97.4 Å². The molecule has 0 unspecified atom stereocenters. The second-order valence-corrected chi connectivity index (χ2v) is 21.9. The van der Waals surface area contributed by atoms with Crippen LogP contribution in [-0.2, 0) is 35.2 Å². The maximum Gasteiger partial charge on any atom is 0.212 e. The van der Waals surface area contributed by atoms with Crippen molar-refractivity contribution in [3.05, 3.63) is 266 Å². The number of nitrogens with zero attached hydrogens (tertiary/aromatic N) is 5. The number of pyridine rings is 5. The van der Waals surface area contributed by atoms with Crippen molar-refractivity contribution >= 4 is 0 Å². The number of benzene rings is 5. The first-order valence-electron chi connectivity index (χ1n) is 31.1. The Balaban J connectivity index is 0.000000174. The molecule has 0 radical (unpaired) electrons. The molecule has 416 valence electrons. The molecule has 0 saturated carbocycles. The zero-order valence-corrected chi connectivity index (χ0v) is 52.0. The summed E-state index contributed by atoms with van der Waals surface area (Å²) in [5.41, 5.74) is 29.9. The van der Waals surface area contributed by atoms with Crippen LogP contribution >= 0.6 is 0 Å². The van der Waals surface area contributed by atoms with Crippen LogP contribution in [0.2, 0.25) is 0 Å². The lowest BCUT2D eigenvalue weighted by Gasteiger charge is -2.09. The molecule has 0 saturated heterocycles. The van der Waals surface area contributed by atoms with Gasteiger partial charge in [-0.15, -0.1) is 0 Å². The third-order valence-corrected chi connectivity index (χ3v) is 16.2. The molecule has 5 aromatic carbocycles. The minimum atomic E-state index is -2.07. The van der Waals surface area contributed by atoms with Gasteiger partial charge in [0.2, 0.25) is 28.5 Å². The van der Waals surface area contributed by atoms with E-state index in [9.17, 15) is 0 Å². The lowest BCUT2D eigenvalue weighted by molar-refractivity contribution is -0.667. The van der Waals surface area contributed by atoms with Gasteiger partial charge in [0, 0.05) is 103 Å². The molecule has 81 heavy (non-hydrogen) atoms. The fourth-order valence-corrected chi connectivity index (χ4v) is 10.3. The summed E-state index contributed by atoms with van der Waals surface area (Å²) in [6.45, 7) is 25.1. The second kappa shape index (κ2) is 27.8. The van der Waals surface area contributed by atoms with Crippen LogP contribution < -0.4 is 22.8 Å². The molecule has 5 nitrogen and oxygen atoms in total. The average Bonchev–Trinajstić information content (AvgIpc) is 1.64. The number of hydrogen-bond donors (Lipinski definition) is 0. The van der Waals surface area contributed by atoms with E-state index in [1.54, 1.807) is 6.07 Å². The summed E-state index contributed by atoms with van der Waals surface area (Å²) in [5.74, 6) is 0. The minimum absolute atomic E-state index is 0.437. The Kier molecular flexibility index (Phi) is 18.4. The highest BCUT2D eigenvalue weighted by Crippen LogP contribution is 2.29. The molecular formula is C76H92N5+5. The smallest absolute Gasteiger partial charge is 0.201 e. The monoisotopic (exact) mass is 1080 g/mol. The van der Waals surface area contributed by atoms with Crippen molar-refractivity contribution in [3.63, 3.8) is 0 Å². The Labute approximate surface area is 496 Å². The van der Waals surface area contributed by atoms with Crippen molar-refractivity contribution in [1.82, 2.24) is 0 Å². The molecule has 0 N–H and O–H groups in total. The van der Waals surface area contributed by atoms with Gasteiger partial charge in [-0.2, -0.15) is 4.57 Å². The lowest BCUT2D eigenvalue weighted by atomic mass is 9.96. The van der Waals surface area contributed by atoms with Gasteiger partial charge in [0.15, 0.2) is 30.5 Å². The minimum Gasteiger partial charge on any atom is -0.201 e. The Bertz CT molecular complexity index is 3980. The van der Waals surface area contributed by atoms with Gasteiger partial charge in [-0.1, -0.05) is 53.6 Å². The van der Waals surface area contributed by atoms with Crippen molar-refractivity contribution in [1.29, 1.82) is 0 Å². The summed E-state index contributed by atoms with van der Waals surface area (Å²) in [7, 11) is 10.2. The second-order valence-electron chi connectivity index (χ2n) is 21.9. The molecule has 5 heteroatoms. The average molecular weight is 1080 g/mol. The summed E-state index contributed by atoms with van der Waals surface area (Å²) in [5, 5.41) is 0. The number of hydrogen-bond acceptors (Lipinski definition) is 0. The van der Waals surface area contributed by atoms with E-state index in [0.29, 0.717) is 11.1 Å². The van der Waals surface area contributed by atoms with Gasteiger partial charge in [-0.25, -0.2) is 18.3 Å². The topological polar surface area (TPSA) is 19.4 Å². The van der Waals surface area contributed by atoms with Crippen LogP contribution in [0.15, 0.2) is 176 Å². The first-order valence-corrected chi connectivity index (χ1v) is 28.1. The molecule has 5 aromatic heterocycles.